The van der Waals surface area contributed by atoms with Crippen molar-refractivity contribution in [3.05, 3.63) is 43.1 Å². The van der Waals surface area contributed by atoms with E-state index in [9.17, 15) is 0 Å². The molecule has 0 saturated carbocycles. The molecular formula is C10H9N7. The van der Waals surface area contributed by atoms with Crippen molar-refractivity contribution in [3.8, 4) is 11.5 Å². The summed E-state index contributed by atoms with van der Waals surface area (Å²) in [6.07, 6.45) is 10.2. The van der Waals surface area contributed by atoms with E-state index in [4.69, 9.17) is 0 Å². The zero-order chi connectivity index (χ0) is 11.5. The fourth-order valence-corrected chi connectivity index (χ4v) is 1.45. The molecule has 0 amide bonds. The van der Waals surface area contributed by atoms with Gasteiger partial charge in [0, 0.05) is 24.8 Å². The Hall–Kier alpha value is -2.57. The highest BCUT2D eigenvalue weighted by Crippen LogP contribution is 2.09. The van der Waals surface area contributed by atoms with Gasteiger partial charge in [-0.1, -0.05) is 0 Å². The summed E-state index contributed by atoms with van der Waals surface area (Å²) in [5.74, 6) is 1.30. The number of hydrogen-bond donors (Lipinski definition) is 1. The maximum atomic E-state index is 4.34. The average molecular weight is 227 g/mol. The quantitative estimate of drug-likeness (QED) is 0.704. The van der Waals surface area contributed by atoms with E-state index in [1.807, 2.05) is 10.8 Å². The van der Waals surface area contributed by atoms with E-state index >= 15 is 0 Å². The normalized spacial score (nSPS) is 10.6. The lowest BCUT2D eigenvalue weighted by Crippen LogP contribution is -1.98. The Morgan fingerprint density at radius 2 is 2.18 bits per heavy atom. The molecule has 0 unspecified atom stereocenters. The largest absolute Gasteiger partial charge is 0.330 e. The monoisotopic (exact) mass is 227 g/mol. The van der Waals surface area contributed by atoms with Gasteiger partial charge in [-0.15, -0.1) is 0 Å². The Labute approximate surface area is 96.6 Å². The molecule has 3 aromatic rings. The molecule has 0 aliphatic heterocycles. The zero-order valence-corrected chi connectivity index (χ0v) is 8.85. The van der Waals surface area contributed by atoms with Crippen molar-refractivity contribution < 1.29 is 0 Å². The molecule has 0 bridgehead atoms. The number of nitrogens with one attached hydrogen (secondary N) is 1. The van der Waals surface area contributed by atoms with Crippen LogP contribution >= 0.6 is 0 Å². The second kappa shape index (κ2) is 4.12. The molecular weight excluding hydrogens is 218 g/mol. The fourth-order valence-electron chi connectivity index (χ4n) is 1.45. The van der Waals surface area contributed by atoms with E-state index in [0.29, 0.717) is 18.1 Å². The number of hydrogen-bond acceptors (Lipinski definition) is 5. The first-order valence-corrected chi connectivity index (χ1v) is 5.05. The van der Waals surface area contributed by atoms with Gasteiger partial charge in [0.15, 0.2) is 0 Å². The third kappa shape index (κ3) is 2.03. The minimum atomic E-state index is 0.549. The second-order valence-electron chi connectivity index (χ2n) is 3.43. The average Bonchev–Trinajstić information content (AvgIpc) is 3.02. The number of imidazole rings is 1. The summed E-state index contributed by atoms with van der Waals surface area (Å²) in [6, 6.07) is 0. The van der Waals surface area contributed by atoms with Gasteiger partial charge in [-0.05, 0) is 0 Å². The van der Waals surface area contributed by atoms with Crippen LogP contribution in [0, 0.1) is 0 Å². The van der Waals surface area contributed by atoms with Crippen molar-refractivity contribution >= 4 is 0 Å². The molecule has 3 aromatic heterocycles. The summed E-state index contributed by atoms with van der Waals surface area (Å²) in [5, 5.41) is 6.96. The topological polar surface area (TPSA) is 85.2 Å². The molecule has 0 spiro atoms. The Morgan fingerprint density at radius 3 is 2.94 bits per heavy atom. The summed E-state index contributed by atoms with van der Waals surface area (Å²) in [7, 11) is 0. The summed E-state index contributed by atoms with van der Waals surface area (Å²) in [5.41, 5.74) is 0.653. The van der Waals surface area contributed by atoms with Crippen LogP contribution in [0.25, 0.3) is 11.5 Å². The van der Waals surface area contributed by atoms with Gasteiger partial charge in [-0.3, -0.25) is 10.1 Å². The Morgan fingerprint density at radius 1 is 1.18 bits per heavy atom. The van der Waals surface area contributed by atoms with Gasteiger partial charge in [0.1, 0.15) is 11.5 Å². The highest BCUT2D eigenvalue weighted by Gasteiger charge is 2.06. The molecule has 0 saturated heterocycles. The molecule has 3 rings (SSSR count). The molecule has 0 aliphatic rings. The molecule has 0 radical (unpaired) electrons. The van der Waals surface area contributed by atoms with E-state index in [1.165, 1.54) is 0 Å². The first-order chi connectivity index (χ1) is 8.42. The van der Waals surface area contributed by atoms with Crippen LogP contribution in [-0.4, -0.2) is 34.7 Å². The van der Waals surface area contributed by atoms with Crippen LogP contribution in [0.2, 0.25) is 0 Å². The van der Waals surface area contributed by atoms with Crippen LogP contribution in [0.3, 0.4) is 0 Å². The van der Waals surface area contributed by atoms with Crippen molar-refractivity contribution in [1.29, 1.82) is 0 Å². The maximum absolute atomic E-state index is 4.34. The molecule has 17 heavy (non-hydrogen) atoms. The van der Waals surface area contributed by atoms with Gasteiger partial charge < -0.3 is 4.57 Å². The van der Waals surface area contributed by atoms with E-state index in [2.05, 4.69) is 30.1 Å². The second-order valence-corrected chi connectivity index (χ2v) is 3.43. The molecule has 0 aromatic carbocycles. The van der Waals surface area contributed by atoms with Crippen molar-refractivity contribution in [2.75, 3.05) is 0 Å². The number of rotatable bonds is 3. The van der Waals surface area contributed by atoms with E-state index in [0.717, 1.165) is 5.82 Å². The van der Waals surface area contributed by atoms with Gasteiger partial charge in [0.05, 0.1) is 19.1 Å². The van der Waals surface area contributed by atoms with Crippen molar-refractivity contribution in [3.63, 3.8) is 0 Å². The van der Waals surface area contributed by atoms with Crippen LogP contribution in [0.4, 0.5) is 0 Å². The highest BCUT2D eigenvalue weighted by molar-refractivity contribution is 5.45. The van der Waals surface area contributed by atoms with E-state index in [-0.39, 0.29) is 0 Å². The lowest BCUT2D eigenvalue weighted by Gasteiger charge is -1.95. The molecule has 3 heterocycles. The molecule has 0 atom stereocenters. The van der Waals surface area contributed by atoms with Crippen LogP contribution in [0.15, 0.2) is 37.3 Å². The minimum absolute atomic E-state index is 0.549. The summed E-state index contributed by atoms with van der Waals surface area (Å²) in [4.78, 5) is 16.4. The lowest BCUT2D eigenvalue weighted by atomic mass is 10.4. The summed E-state index contributed by atoms with van der Waals surface area (Å²) in [6.45, 7) is 0.604. The third-order valence-corrected chi connectivity index (χ3v) is 2.22. The first kappa shape index (κ1) is 9.64. The molecule has 7 nitrogen and oxygen atoms in total. The third-order valence-electron chi connectivity index (χ3n) is 2.22. The minimum Gasteiger partial charge on any atom is -0.330 e. The van der Waals surface area contributed by atoms with Crippen LogP contribution in [0.5, 0.6) is 0 Å². The number of aromatic amines is 1. The standard InChI is InChI=1S/C10H9N7/c1-2-13-8(5-11-1)10-14-9(15-16-10)6-17-4-3-12-7-17/h1-5,7H,6H2,(H,14,15,16). The molecule has 0 fully saturated rings. The smallest absolute Gasteiger partial charge is 0.201 e. The Balaban J connectivity index is 1.84. The van der Waals surface area contributed by atoms with Crippen molar-refractivity contribution in [1.82, 2.24) is 34.7 Å². The number of H-pyrrole nitrogens is 1. The zero-order valence-electron chi connectivity index (χ0n) is 8.85. The number of nitrogens with zero attached hydrogens (tertiary/aromatic N) is 6. The summed E-state index contributed by atoms with van der Waals surface area (Å²) >= 11 is 0. The molecule has 1 N–H and O–H groups in total. The van der Waals surface area contributed by atoms with Gasteiger partial charge in [0.2, 0.25) is 5.82 Å². The lowest BCUT2D eigenvalue weighted by molar-refractivity contribution is 0.747. The van der Waals surface area contributed by atoms with Gasteiger partial charge in [0.25, 0.3) is 0 Å². The Bertz CT molecular complexity index is 584. The highest BCUT2D eigenvalue weighted by atomic mass is 15.2. The molecule has 0 aliphatic carbocycles. The van der Waals surface area contributed by atoms with Gasteiger partial charge >= 0.3 is 0 Å². The van der Waals surface area contributed by atoms with Crippen molar-refractivity contribution in [2.45, 2.75) is 6.54 Å². The molecule has 7 heteroatoms. The van der Waals surface area contributed by atoms with Crippen LogP contribution in [-0.2, 0) is 6.54 Å². The Kier molecular flexibility index (Phi) is 2.34. The van der Waals surface area contributed by atoms with Crippen molar-refractivity contribution in [2.24, 2.45) is 0 Å². The number of aromatic nitrogens is 7. The maximum Gasteiger partial charge on any atom is 0.201 e. The van der Waals surface area contributed by atoms with Gasteiger partial charge in [-0.25, -0.2) is 15.0 Å². The first-order valence-electron chi connectivity index (χ1n) is 5.05. The molecule has 84 valence electrons. The van der Waals surface area contributed by atoms with E-state index in [1.54, 1.807) is 31.1 Å². The predicted octanol–water partition coefficient (Wildman–Crippen LogP) is 0.506. The predicted molar refractivity (Wildman–Crippen MR) is 58.7 cm³/mol. The van der Waals surface area contributed by atoms with Crippen LogP contribution < -0.4 is 0 Å². The van der Waals surface area contributed by atoms with Gasteiger partial charge in [-0.2, -0.15) is 5.10 Å². The fraction of sp³-hybridized carbons (Fsp3) is 0.100. The summed E-state index contributed by atoms with van der Waals surface area (Å²) < 4.78 is 1.90. The van der Waals surface area contributed by atoms with Crippen LogP contribution in [0.1, 0.15) is 5.82 Å². The van der Waals surface area contributed by atoms with E-state index < -0.39 is 0 Å². The SMILES string of the molecule is c1cnc(-c2n[nH]c(Cn3ccnc3)n2)cn1.